The molecular weight excluding hydrogens is 186 g/mol. The number of nitrogens with two attached hydrogens (primary N) is 1. The summed E-state index contributed by atoms with van der Waals surface area (Å²) in [4.78, 5) is 0. The third kappa shape index (κ3) is 1.83. The van der Waals surface area contributed by atoms with E-state index in [9.17, 15) is 0 Å². The fourth-order valence-corrected chi connectivity index (χ4v) is 4.00. The summed E-state index contributed by atoms with van der Waals surface area (Å²) < 4.78 is 5.55. The number of rotatable bonds is 2. The van der Waals surface area contributed by atoms with Crippen molar-refractivity contribution in [2.75, 3.05) is 13.2 Å². The summed E-state index contributed by atoms with van der Waals surface area (Å²) in [7, 11) is 0. The van der Waals surface area contributed by atoms with Gasteiger partial charge in [-0.25, -0.2) is 0 Å². The zero-order valence-corrected chi connectivity index (χ0v) is 9.53. The van der Waals surface area contributed by atoms with Crippen molar-refractivity contribution in [1.82, 2.24) is 0 Å². The maximum Gasteiger partial charge on any atom is 0.0509 e. The summed E-state index contributed by atoms with van der Waals surface area (Å²) in [5.74, 6) is 3.51. The highest BCUT2D eigenvalue weighted by Gasteiger charge is 2.54. The van der Waals surface area contributed by atoms with Gasteiger partial charge in [0.15, 0.2) is 0 Å². The summed E-state index contributed by atoms with van der Waals surface area (Å²) in [6.45, 7) is 1.89. The van der Waals surface area contributed by atoms with Crippen LogP contribution < -0.4 is 5.73 Å². The fraction of sp³-hybridized carbons (Fsp3) is 1.00. The smallest absolute Gasteiger partial charge is 0.0509 e. The first-order valence-electron chi connectivity index (χ1n) is 6.71. The molecule has 2 nitrogen and oxygen atoms in total. The SMILES string of the molecule is NC(C1CCCOC1)C1C2CCCCC21. The minimum Gasteiger partial charge on any atom is -0.381 e. The Balaban J connectivity index is 1.58. The van der Waals surface area contributed by atoms with Crippen molar-refractivity contribution in [3.8, 4) is 0 Å². The molecule has 1 aliphatic heterocycles. The van der Waals surface area contributed by atoms with E-state index in [4.69, 9.17) is 10.5 Å². The average molecular weight is 209 g/mol. The zero-order chi connectivity index (χ0) is 10.3. The average Bonchev–Trinajstić information content (AvgIpc) is 3.03. The molecule has 4 unspecified atom stereocenters. The van der Waals surface area contributed by atoms with Crippen LogP contribution in [0.3, 0.4) is 0 Å². The van der Waals surface area contributed by atoms with Crippen molar-refractivity contribution in [2.45, 2.75) is 44.6 Å². The first-order valence-corrected chi connectivity index (χ1v) is 6.71. The molecule has 1 saturated heterocycles. The highest BCUT2D eigenvalue weighted by atomic mass is 16.5. The third-order valence-corrected chi connectivity index (χ3v) is 4.91. The minimum absolute atomic E-state index is 0.443. The minimum atomic E-state index is 0.443. The Hall–Kier alpha value is -0.0800. The van der Waals surface area contributed by atoms with E-state index < -0.39 is 0 Å². The lowest BCUT2D eigenvalue weighted by Crippen LogP contribution is -2.38. The van der Waals surface area contributed by atoms with Gasteiger partial charge in [-0.3, -0.25) is 0 Å². The van der Waals surface area contributed by atoms with Gasteiger partial charge in [-0.15, -0.1) is 0 Å². The van der Waals surface area contributed by atoms with Crippen LogP contribution in [0.1, 0.15) is 38.5 Å². The van der Waals surface area contributed by atoms with E-state index in [2.05, 4.69) is 0 Å². The van der Waals surface area contributed by atoms with E-state index in [0.29, 0.717) is 12.0 Å². The molecular formula is C13H23NO. The molecule has 0 spiro atoms. The molecule has 0 amide bonds. The second kappa shape index (κ2) is 4.06. The molecule has 0 aromatic heterocycles. The molecule has 3 rings (SSSR count). The maximum absolute atomic E-state index is 6.43. The molecule has 0 aromatic carbocycles. The summed E-state index contributed by atoms with van der Waals surface area (Å²) in [6.07, 6.45) is 8.34. The van der Waals surface area contributed by atoms with Crippen molar-refractivity contribution in [2.24, 2.45) is 29.4 Å². The molecule has 2 saturated carbocycles. The summed E-state index contributed by atoms with van der Waals surface area (Å²) >= 11 is 0. The monoisotopic (exact) mass is 209 g/mol. The van der Waals surface area contributed by atoms with Crippen molar-refractivity contribution >= 4 is 0 Å². The van der Waals surface area contributed by atoms with Crippen LogP contribution in [0.5, 0.6) is 0 Å². The lowest BCUT2D eigenvalue weighted by Gasteiger charge is -2.28. The zero-order valence-electron chi connectivity index (χ0n) is 9.53. The molecule has 0 radical (unpaired) electrons. The van der Waals surface area contributed by atoms with Gasteiger partial charge in [-0.05, 0) is 49.4 Å². The second-order valence-electron chi connectivity index (χ2n) is 5.74. The summed E-state index contributed by atoms with van der Waals surface area (Å²) in [5, 5.41) is 0. The largest absolute Gasteiger partial charge is 0.381 e. The van der Waals surface area contributed by atoms with Gasteiger partial charge in [0.05, 0.1) is 6.61 Å². The Morgan fingerprint density at radius 3 is 2.33 bits per heavy atom. The third-order valence-electron chi connectivity index (χ3n) is 4.91. The number of hydrogen-bond acceptors (Lipinski definition) is 2. The highest BCUT2D eigenvalue weighted by Crippen LogP contribution is 2.57. The topological polar surface area (TPSA) is 35.2 Å². The number of ether oxygens (including phenoxy) is 1. The van der Waals surface area contributed by atoms with Crippen molar-refractivity contribution in [3.63, 3.8) is 0 Å². The fourth-order valence-electron chi connectivity index (χ4n) is 4.00. The molecule has 3 fully saturated rings. The number of fused-ring (bicyclic) bond motifs is 1. The van der Waals surface area contributed by atoms with Crippen LogP contribution in [0.4, 0.5) is 0 Å². The standard InChI is InChI=1S/C13H23NO/c14-13(9-4-3-7-15-8-9)12-10-5-1-2-6-11(10)12/h9-13H,1-8,14H2. The van der Waals surface area contributed by atoms with Crippen molar-refractivity contribution in [3.05, 3.63) is 0 Å². The molecule has 2 aliphatic carbocycles. The lowest BCUT2D eigenvalue weighted by atomic mass is 9.90. The molecule has 1 heterocycles. The van der Waals surface area contributed by atoms with Crippen molar-refractivity contribution < 1.29 is 4.74 Å². The molecule has 2 N–H and O–H groups in total. The second-order valence-corrected chi connectivity index (χ2v) is 5.74. The van der Waals surface area contributed by atoms with Crippen LogP contribution in [-0.4, -0.2) is 19.3 Å². The van der Waals surface area contributed by atoms with Gasteiger partial charge < -0.3 is 10.5 Å². The number of hydrogen-bond donors (Lipinski definition) is 1. The molecule has 3 aliphatic rings. The van der Waals surface area contributed by atoms with Crippen LogP contribution in [0.25, 0.3) is 0 Å². The maximum atomic E-state index is 6.43. The van der Waals surface area contributed by atoms with E-state index >= 15 is 0 Å². The molecule has 2 heteroatoms. The molecule has 86 valence electrons. The Morgan fingerprint density at radius 2 is 1.73 bits per heavy atom. The lowest BCUT2D eigenvalue weighted by molar-refractivity contribution is 0.0407. The van der Waals surface area contributed by atoms with Gasteiger partial charge in [0, 0.05) is 12.6 Å². The van der Waals surface area contributed by atoms with E-state index in [1.807, 2.05) is 0 Å². The van der Waals surface area contributed by atoms with Crippen molar-refractivity contribution in [1.29, 1.82) is 0 Å². The Kier molecular flexibility index (Phi) is 2.73. The first kappa shape index (κ1) is 10.1. The van der Waals surface area contributed by atoms with Crippen LogP contribution in [0, 0.1) is 23.7 Å². The predicted octanol–water partition coefficient (Wildman–Crippen LogP) is 2.18. The molecule has 0 bridgehead atoms. The van der Waals surface area contributed by atoms with Crippen LogP contribution >= 0.6 is 0 Å². The van der Waals surface area contributed by atoms with Crippen LogP contribution in [-0.2, 0) is 4.74 Å². The van der Waals surface area contributed by atoms with Gasteiger partial charge in [-0.2, -0.15) is 0 Å². The van der Waals surface area contributed by atoms with E-state index in [1.54, 1.807) is 0 Å². The van der Waals surface area contributed by atoms with Crippen LogP contribution in [0.15, 0.2) is 0 Å². The Labute approximate surface area is 92.6 Å². The Morgan fingerprint density at radius 1 is 1.00 bits per heavy atom. The van der Waals surface area contributed by atoms with E-state index in [0.717, 1.165) is 31.0 Å². The van der Waals surface area contributed by atoms with E-state index in [1.165, 1.54) is 38.5 Å². The van der Waals surface area contributed by atoms with Gasteiger partial charge in [-0.1, -0.05) is 12.8 Å². The van der Waals surface area contributed by atoms with Gasteiger partial charge >= 0.3 is 0 Å². The van der Waals surface area contributed by atoms with Gasteiger partial charge in [0.1, 0.15) is 0 Å². The summed E-state index contributed by atoms with van der Waals surface area (Å²) in [5.41, 5.74) is 6.43. The predicted molar refractivity (Wildman–Crippen MR) is 60.5 cm³/mol. The Bertz CT molecular complexity index is 213. The summed E-state index contributed by atoms with van der Waals surface area (Å²) in [6, 6.07) is 0.443. The molecule has 15 heavy (non-hydrogen) atoms. The normalized spacial score (nSPS) is 47.0. The molecule has 0 aromatic rings. The highest BCUT2D eigenvalue weighted by molar-refractivity contribution is 5.05. The quantitative estimate of drug-likeness (QED) is 0.756. The van der Waals surface area contributed by atoms with E-state index in [-0.39, 0.29) is 0 Å². The molecule has 4 atom stereocenters. The first-order chi connectivity index (χ1) is 7.38. The van der Waals surface area contributed by atoms with Crippen LogP contribution in [0.2, 0.25) is 0 Å². The van der Waals surface area contributed by atoms with Gasteiger partial charge in [0.2, 0.25) is 0 Å². The van der Waals surface area contributed by atoms with Gasteiger partial charge in [0.25, 0.3) is 0 Å².